The molecule has 3 rings (SSSR count). The number of nitrogens with zero attached hydrogens (tertiary/aromatic N) is 1. The van der Waals surface area contributed by atoms with Gasteiger partial charge in [0.25, 0.3) is 5.91 Å². The van der Waals surface area contributed by atoms with Gasteiger partial charge in [-0.2, -0.15) is 0 Å². The normalized spacial score (nSPS) is 22.0. The summed E-state index contributed by atoms with van der Waals surface area (Å²) < 4.78 is 17.5. The van der Waals surface area contributed by atoms with E-state index in [0.717, 1.165) is 17.9 Å². The van der Waals surface area contributed by atoms with Gasteiger partial charge in [0, 0.05) is 5.92 Å². The molecule has 2 unspecified atom stereocenters. The lowest BCUT2D eigenvalue weighted by Crippen LogP contribution is -2.39. The van der Waals surface area contributed by atoms with Crippen LogP contribution in [0, 0.1) is 5.92 Å². The molecular weight excluding hydrogens is 361 g/mol. The number of methoxy groups -OCH3 is 1. The van der Waals surface area contributed by atoms with Crippen molar-refractivity contribution in [2.75, 3.05) is 12.3 Å². The fourth-order valence-electron chi connectivity index (χ4n) is 2.41. The number of allylic oxidation sites excluding steroid dienone is 1. The molecule has 1 fully saturated rings. The number of hydrogen-bond donors (Lipinski definition) is 0. The molecule has 2 aliphatic rings. The van der Waals surface area contributed by atoms with Crippen LogP contribution in [0.5, 0.6) is 5.75 Å². The lowest BCUT2D eigenvalue weighted by atomic mass is 10.2. The van der Waals surface area contributed by atoms with E-state index in [4.69, 9.17) is 32.8 Å². The maximum atomic E-state index is 12.8. The largest absolute Gasteiger partial charge is 0.496 e. The van der Waals surface area contributed by atoms with E-state index >= 15 is 0 Å². The van der Waals surface area contributed by atoms with E-state index in [1.54, 1.807) is 24.3 Å². The van der Waals surface area contributed by atoms with Crippen molar-refractivity contribution < 1.29 is 18.6 Å². The summed E-state index contributed by atoms with van der Waals surface area (Å²) in [5, 5.41) is 0.335. The molecule has 0 radical (unpaired) electrons. The van der Waals surface area contributed by atoms with Crippen LogP contribution in [0.1, 0.15) is 23.2 Å². The average Bonchev–Trinajstić information content (AvgIpc) is 3.36. The number of halogens is 2. The number of amides is 1. The van der Waals surface area contributed by atoms with Gasteiger partial charge in [-0.15, -0.1) is 16.7 Å². The zero-order valence-corrected chi connectivity index (χ0v) is 14.7. The van der Waals surface area contributed by atoms with Crippen molar-refractivity contribution in [2.24, 2.45) is 5.92 Å². The van der Waals surface area contributed by atoms with E-state index in [9.17, 15) is 9.00 Å². The average molecular weight is 376 g/mol. The molecule has 1 aromatic rings. The molecule has 1 saturated carbocycles. The standard InChI is InChI=1S/C15H15Cl2NO4S/c1-21-11-5-3-2-4-10(11)14(19)18-15(23(20)8-16)12(17)13(22-18)9-6-7-9/h2-5,9,15H,6-8H2,1H3. The maximum absolute atomic E-state index is 12.8. The Kier molecular flexibility index (Phi) is 4.85. The number of carbonyl (C=O) groups excluding carboxylic acids is 1. The molecule has 0 saturated heterocycles. The van der Waals surface area contributed by atoms with Crippen LogP contribution in [0.15, 0.2) is 35.1 Å². The summed E-state index contributed by atoms with van der Waals surface area (Å²) in [7, 11) is -0.0816. The highest BCUT2D eigenvalue weighted by atomic mass is 35.5. The first kappa shape index (κ1) is 16.6. The van der Waals surface area contributed by atoms with Gasteiger partial charge in [0.05, 0.1) is 28.5 Å². The van der Waals surface area contributed by atoms with Gasteiger partial charge in [-0.1, -0.05) is 23.7 Å². The lowest BCUT2D eigenvalue weighted by Gasteiger charge is -2.23. The fraction of sp³-hybridized carbons (Fsp3) is 0.400. The zero-order chi connectivity index (χ0) is 16.6. The molecule has 2 atom stereocenters. The van der Waals surface area contributed by atoms with Gasteiger partial charge in [-0.05, 0) is 25.0 Å². The summed E-state index contributed by atoms with van der Waals surface area (Å²) in [6, 6.07) is 6.77. The number of alkyl halides is 1. The number of hydroxylamine groups is 2. The van der Waals surface area contributed by atoms with Crippen molar-refractivity contribution in [1.82, 2.24) is 5.06 Å². The van der Waals surface area contributed by atoms with Crippen molar-refractivity contribution >= 4 is 39.9 Å². The molecule has 1 aliphatic heterocycles. The Morgan fingerprint density at radius 2 is 2.13 bits per heavy atom. The first-order valence-electron chi connectivity index (χ1n) is 7.05. The van der Waals surface area contributed by atoms with E-state index in [0.29, 0.717) is 22.1 Å². The molecule has 124 valence electrons. The van der Waals surface area contributed by atoms with Gasteiger partial charge in [0.1, 0.15) is 11.0 Å². The summed E-state index contributed by atoms with van der Waals surface area (Å²) in [5.74, 6) is 0.665. The van der Waals surface area contributed by atoms with Crippen molar-refractivity contribution in [3.05, 3.63) is 40.6 Å². The van der Waals surface area contributed by atoms with E-state index in [-0.39, 0.29) is 11.1 Å². The van der Waals surface area contributed by atoms with E-state index in [1.807, 2.05) is 0 Å². The van der Waals surface area contributed by atoms with Crippen LogP contribution < -0.4 is 4.74 Å². The summed E-state index contributed by atoms with van der Waals surface area (Å²) in [4.78, 5) is 18.5. The first-order valence-corrected chi connectivity index (χ1v) is 9.35. The van der Waals surface area contributed by atoms with Gasteiger partial charge >= 0.3 is 0 Å². The molecule has 8 heteroatoms. The Bertz CT molecular complexity index is 690. The molecule has 5 nitrogen and oxygen atoms in total. The van der Waals surface area contributed by atoms with Crippen LogP contribution in [-0.4, -0.2) is 32.9 Å². The van der Waals surface area contributed by atoms with Crippen molar-refractivity contribution in [1.29, 1.82) is 0 Å². The summed E-state index contributed by atoms with van der Waals surface area (Å²) in [6.07, 6.45) is 1.89. The summed E-state index contributed by atoms with van der Waals surface area (Å²) in [6.45, 7) is 0. The number of carbonyl (C=O) groups is 1. The number of benzene rings is 1. The van der Waals surface area contributed by atoms with Gasteiger partial charge in [0.2, 0.25) is 0 Å². The zero-order valence-electron chi connectivity index (χ0n) is 12.3. The molecule has 23 heavy (non-hydrogen) atoms. The van der Waals surface area contributed by atoms with Crippen molar-refractivity contribution in [3.8, 4) is 5.75 Å². The summed E-state index contributed by atoms with van der Waals surface area (Å²) in [5.41, 5.74) is 0.313. The minimum atomic E-state index is -1.56. The Morgan fingerprint density at radius 1 is 1.43 bits per heavy atom. The SMILES string of the molecule is COc1ccccc1C(=O)N1OC(C2CC2)=C(Cl)C1S(=O)CCl. The molecule has 1 heterocycles. The molecule has 0 N–H and O–H groups in total. The van der Waals surface area contributed by atoms with Crippen LogP contribution in [0.4, 0.5) is 0 Å². The van der Waals surface area contributed by atoms with E-state index < -0.39 is 22.1 Å². The van der Waals surface area contributed by atoms with E-state index in [2.05, 4.69) is 0 Å². The highest BCUT2D eigenvalue weighted by Crippen LogP contribution is 2.46. The third kappa shape index (κ3) is 3.07. The second-order valence-corrected chi connectivity index (χ2v) is 7.74. The molecule has 1 amide bonds. The minimum absolute atomic E-state index is 0.141. The molecule has 0 spiro atoms. The van der Waals surface area contributed by atoms with Gasteiger partial charge in [-0.3, -0.25) is 9.00 Å². The first-order chi connectivity index (χ1) is 11.1. The Labute approximate surface area is 146 Å². The number of rotatable bonds is 5. The summed E-state index contributed by atoms with van der Waals surface area (Å²) >= 11 is 12.0. The van der Waals surface area contributed by atoms with Gasteiger partial charge in [0.15, 0.2) is 11.1 Å². The highest BCUT2D eigenvalue weighted by molar-refractivity contribution is 7.87. The number of hydrogen-bond acceptors (Lipinski definition) is 4. The predicted molar refractivity (Wildman–Crippen MR) is 88.5 cm³/mol. The quantitative estimate of drug-likeness (QED) is 0.741. The van der Waals surface area contributed by atoms with Gasteiger partial charge < -0.3 is 9.57 Å². The molecule has 1 aromatic carbocycles. The van der Waals surface area contributed by atoms with Crippen molar-refractivity contribution in [3.63, 3.8) is 0 Å². The molecule has 1 aliphatic carbocycles. The molecular formula is C15H15Cl2NO4S. The maximum Gasteiger partial charge on any atom is 0.291 e. The third-order valence-corrected chi connectivity index (χ3v) is 6.01. The van der Waals surface area contributed by atoms with Gasteiger partial charge in [-0.25, -0.2) is 0 Å². The third-order valence-electron chi connectivity index (χ3n) is 3.70. The fourth-order valence-corrected chi connectivity index (χ4v) is 4.16. The number of para-hydroxylation sites is 1. The second-order valence-electron chi connectivity index (χ2n) is 5.25. The minimum Gasteiger partial charge on any atom is -0.496 e. The Balaban J connectivity index is 1.94. The van der Waals surface area contributed by atoms with Crippen molar-refractivity contribution in [2.45, 2.75) is 18.2 Å². The highest BCUT2D eigenvalue weighted by Gasteiger charge is 2.46. The van der Waals surface area contributed by atoms with Crippen LogP contribution in [0.3, 0.4) is 0 Å². The second kappa shape index (κ2) is 6.71. The Hall–Kier alpha value is -1.24. The Morgan fingerprint density at radius 3 is 2.74 bits per heavy atom. The lowest BCUT2D eigenvalue weighted by molar-refractivity contribution is -0.0715. The van der Waals surface area contributed by atoms with Crippen LogP contribution in [-0.2, 0) is 15.6 Å². The topological polar surface area (TPSA) is 55.8 Å². The van der Waals surface area contributed by atoms with Crippen LogP contribution in [0.2, 0.25) is 0 Å². The van der Waals surface area contributed by atoms with Crippen LogP contribution in [0.25, 0.3) is 0 Å². The monoisotopic (exact) mass is 375 g/mol. The number of ether oxygens (including phenoxy) is 1. The molecule has 0 aromatic heterocycles. The van der Waals surface area contributed by atoms with E-state index in [1.165, 1.54) is 7.11 Å². The smallest absolute Gasteiger partial charge is 0.291 e. The van der Waals surface area contributed by atoms with Crippen LogP contribution >= 0.6 is 23.2 Å². The predicted octanol–water partition coefficient (Wildman–Crippen LogP) is 3.21. The molecule has 0 bridgehead atoms.